The number of thiol groups is 1. The summed E-state index contributed by atoms with van der Waals surface area (Å²) in [5.74, 6) is -0.438. The van der Waals surface area contributed by atoms with Gasteiger partial charge in [-0.3, -0.25) is 4.79 Å². The van der Waals surface area contributed by atoms with E-state index in [1.165, 1.54) is 0 Å². The molecule has 0 aliphatic heterocycles. The second-order valence-corrected chi connectivity index (χ2v) is 1.90. The summed E-state index contributed by atoms with van der Waals surface area (Å²) in [7, 11) is 0. The number of aliphatic carboxylic acids is 1. The normalized spacial score (nSPS) is 13.2. The van der Waals surface area contributed by atoms with Crippen molar-refractivity contribution in [3.05, 3.63) is 0 Å². The predicted molar refractivity (Wildman–Crippen MR) is 34.1 cm³/mol. The summed E-state index contributed by atoms with van der Waals surface area (Å²) in [6, 6.07) is -0.743. The first-order valence-electron chi connectivity index (χ1n) is 2.27. The van der Waals surface area contributed by atoms with E-state index in [0.29, 0.717) is 12.2 Å². The molecule has 1 unspecified atom stereocenters. The van der Waals surface area contributed by atoms with Crippen LogP contribution in [0.25, 0.3) is 0 Å². The van der Waals surface area contributed by atoms with Gasteiger partial charge in [0.15, 0.2) is 0 Å². The third-order valence-corrected chi connectivity index (χ3v) is 1.02. The Hall–Kier alpha value is -0.220. The van der Waals surface area contributed by atoms with E-state index in [-0.39, 0.29) is 0 Å². The van der Waals surface area contributed by atoms with Crippen molar-refractivity contribution in [2.45, 2.75) is 12.5 Å². The van der Waals surface area contributed by atoms with Crippen LogP contribution in [0, 0.1) is 0 Å². The third-order valence-electron chi connectivity index (χ3n) is 0.757. The van der Waals surface area contributed by atoms with Gasteiger partial charge in [-0.25, -0.2) is 0 Å². The molecule has 0 spiro atoms. The summed E-state index contributed by atoms with van der Waals surface area (Å²) < 4.78 is 0. The molecule has 0 saturated carbocycles. The molecule has 0 aromatic heterocycles. The van der Waals surface area contributed by atoms with Gasteiger partial charge in [0.1, 0.15) is 6.04 Å². The number of nitrogens with two attached hydrogens (primary N) is 1. The number of carboxylic acid groups (broad SMARTS) is 1. The third kappa shape index (κ3) is 2.87. The van der Waals surface area contributed by atoms with Crippen LogP contribution in [0.1, 0.15) is 6.42 Å². The Balaban J connectivity index is 3.32. The maximum atomic E-state index is 9.93. The second-order valence-electron chi connectivity index (χ2n) is 1.46. The van der Waals surface area contributed by atoms with Crippen LogP contribution in [0.4, 0.5) is 0 Å². The number of carbonyl (C=O) groups is 1. The molecule has 3 N–H and O–H groups in total. The van der Waals surface area contributed by atoms with Gasteiger partial charge in [0.25, 0.3) is 0 Å². The lowest BCUT2D eigenvalue weighted by atomic mass is 10.5. The summed E-state index contributed by atoms with van der Waals surface area (Å²) in [6.07, 6.45) is 0.429. The molecular formula is C4H9NO2S. The molecule has 3 nitrogen and oxygen atoms in total. The monoisotopic (exact) mass is 136 g/mol. The van der Waals surface area contributed by atoms with Gasteiger partial charge >= 0.3 is 5.97 Å². The lowest BCUT2D eigenvalue weighted by Crippen LogP contribution is -2.30. The molecule has 0 bridgehead atoms. The summed E-state index contributed by atoms with van der Waals surface area (Å²) >= 11 is 3.81. The zero-order valence-electron chi connectivity index (χ0n) is 4.37. The minimum absolute atomic E-state index is 0.429. The van der Waals surface area contributed by atoms with Crippen LogP contribution in [0.3, 0.4) is 0 Å². The molecule has 0 aliphatic rings. The van der Waals surface area contributed by atoms with Crippen molar-refractivity contribution in [3.8, 4) is 0 Å². The zero-order valence-corrected chi connectivity index (χ0v) is 5.27. The average molecular weight is 136 g/mol. The molecule has 0 aromatic rings. The SMILES string of the molecule is N[13CH](CCS)C(=O)O. The van der Waals surface area contributed by atoms with Crippen molar-refractivity contribution in [1.82, 2.24) is 0 Å². The molecule has 0 aliphatic carbocycles. The average Bonchev–Trinajstić information content (AvgIpc) is 1.67. The molecule has 0 heterocycles. The van der Waals surface area contributed by atoms with E-state index < -0.39 is 12.0 Å². The summed E-state index contributed by atoms with van der Waals surface area (Å²) in [6.45, 7) is 0. The quantitative estimate of drug-likeness (QED) is 0.369. The number of rotatable bonds is 3. The van der Waals surface area contributed by atoms with E-state index >= 15 is 0 Å². The highest BCUT2D eigenvalue weighted by atomic mass is 32.1. The number of hydrogen-bond donors (Lipinski definition) is 3. The summed E-state index contributed by atoms with van der Waals surface area (Å²) in [4.78, 5) is 9.93. The molecular weight excluding hydrogens is 127 g/mol. The fourth-order valence-electron chi connectivity index (χ4n) is 0.263. The Bertz CT molecular complexity index is 86.1. The van der Waals surface area contributed by atoms with Crippen LogP contribution in [0.5, 0.6) is 0 Å². The maximum absolute atomic E-state index is 9.93. The van der Waals surface area contributed by atoms with Crippen molar-refractivity contribution in [1.29, 1.82) is 0 Å². The fourth-order valence-corrected chi connectivity index (χ4v) is 0.541. The molecule has 4 heteroatoms. The van der Waals surface area contributed by atoms with E-state index in [4.69, 9.17) is 10.8 Å². The van der Waals surface area contributed by atoms with E-state index in [9.17, 15) is 4.79 Å². The highest BCUT2D eigenvalue weighted by Gasteiger charge is 2.08. The van der Waals surface area contributed by atoms with Crippen LogP contribution in [-0.2, 0) is 4.79 Å². The first-order valence-corrected chi connectivity index (χ1v) is 2.91. The highest BCUT2D eigenvalue weighted by molar-refractivity contribution is 7.80. The van der Waals surface area contributed by atoms with E-state index in [1.54, 1.807) is 0 Å². The maximum Gasteiger partial charge on any atom is 0.320 e. The van der Waals surface area contributed by atoms with E-state index in [1.807, 2.05) is 0 Å². The molecule has 48 valence electrons. The molecule has 8 heavy (non-hydrogen) atoms. The van der Waals surface area contributed by atoms with Gasteiger partial charge in [-0.1, -0.05) is 0 Å². The number of carboxylic acids is 1. The first kappa shape index (κ1) is 7.78. The van der Waals surface area contributed by atoms with Gasteiger partial charge in [0.05, 0.1) is 0 Å². The van der Waals surface area contributed by atoms with Crippen LogP contribution in [0.2, 0.25) is 0 Å². The topological polar surface area (TPSA) is 63.3 Å². The Morgan fingerprint density at radius 3 is 2.50 bits per heavy atom. The summed E-state index contributed by atoms with van der Waals surface area (Å²) in [5.41, 5.74) is 5.08. The predicted octanol–water partition coefficient (Wildman–Crippen LogP) is -0.282. The van der Waals surface area contributed by atoms with Crippen molar-refractivity contribution in [2.24, 2.45) is 5.73 Å². The van der Waals surface area contributed by atoms with Gasteiger partial charge in [0.2, 0.25) is 0 Å². The Morgan fingerprint density at radius 1 is 1.88 bits per heavy atom. The lowest BCUT2D eigenvalue weighted by molar-refractivity contribution is -0.138. The van der Waals surface area contributed by atoms with Crippen LogP contribution in [0.15, 0.2) is 0 Å². The van der Waals surface area contributed by atoms with Crippen LogP contribution < -0.4 is 5.73 Å². The standard InChI is InChI=1S/C4H9NO2S/c5-3(1-2-8)4(6)7/h3,8H,1-2,5H2,(H,6,7)/i3+1. The number of hydrogen-bond acceptors (Lipinski definition) is 3. The minimum Gasteiger partial charge on any atom is -0.480 e. The Kier molecular flexibility index (Phi) is 3.64. The van der Waals surface area contributed by atoms with Crippen LogP contribution in [-0.4, -0.2) is 22.9 Å². The van der Waals surface area contributed by atoms with Crippen molar-refractivity contribution in [2.75, 3.05) is 5.75 Å². The largest absolute Gasteiger partial charge is 0.480 e. The van der Waals surface area contributed by atoms with E-state index in [2.05, 4.69) is 12.6 Å². The van der Waals surface area contributed by atoms with Gasteiger partial charge in [-0.15, -0.1) is 0 Å². The van der Waals surface area contributed by atoms with Crippen molar-refractivity contribution < 1.29 is 9.90 Å². The minimum atomic E-state index is -0.959. The second kappa shape index (κ2) is 3.74. The van der Waals surface area contributed by atoms with Crippen molar-refractivity contribution in [3.63, 3.8) is 0 Å². The lowest BCUT2D eigenvalue weighted by Gasteiger charge is -2.00. The van der Waals surface area contributed by atoms with E-state index in [0.717, 1.165) is 0 Å². The molecule has 0 rings (SSSR count). The van der Waals surface area contributed by atoms with Gasteiger partial charge in [-0.2, -0.15) is 12.6 Å². The molecule has 0 aromatic carbocycles. The first-order chi connectivity index (χ1) is 3.68. The molecule has 0 fully saturated rings. The molecule has 0 radical (unpaired) electrons. The molecule has 1 atom stereocenters. The smallest absolute Gasteiger partial charge is 0.320 e. The van der Waals surface area contributed by atoms with Crippen molar-refractivity contribution >= 4 is 18.6 Å². The van der Waals surface area contributed by atoms with Gasteiger partial charge < -0.3 is 10.8 Å². The fraction of sp³-hybridized carbons (Fsp3) is 0.750. The summed E-state index contributed by atoms with van der Waals surface area (Å²) in [5, 5.41) is 8.15. The zero-order chi connectivity index (χ0) is 6.57. The van der Waals surface area contributed by atoms with Crippen LogP contribution >= 0.6 is 12.6 Å². The molecule has 0 amide bonds. The Labute approximate surface area is 53.3 Å². The highest BCUT2D eigenvalue weighted by Crippen LogP contribution is 1.88. The Morgan fingerprint density at radius 2 is 2.38 bits per heavy atom. The van der Waals surface area contributed by atoms with Gasteiger partial charge in [-0.05, 0) is 12.2 Å². The molecule has 0 saturated heterocycles. The van der Waals surface area contributed by atoms with Gasteiger partial charge in [0, 0.05) is 0 Å².